The van der Waals surface area contributed by atoms with Gasteiger partial charge in [0.05, 0.1) is 17.1 Å². The summed E-state index contributed by atoms with van der Waals surface area (Å²) in [6.45, 7) is 8.69. The average molecular weight is 255 g/mol. The third-order valence-corrected chi connectivity index (χ3v) is 3.61. The summed E-state index contributed by atoms with van der Waals surface area (Å²) in [6.07, 6.45) is 0.330. The number of nitrogens with zero attached hydrogens (tertiary/aromatic N) is 1. The summed E-state index contributed by atoms with van der Waals surface area (Å²) < 4.78 is 0. The molecule has 5 heteroatoms. The Bertz CT molecular complexity index is 381. The molecule has 17 heavy (non-hydrogen) atoms. The monoisotopic (exact) mass is 255 g/mol. The summed E-state index contributed by atoms with van der Waals surface area (Å²) in [5, 5.41) is 5.84. The number of hydrogen-bond donors (Lipinski definition) is 2. The van der Waals surface area contributed by atoms with Crippen LogP contribution in [0.25, 0.3) is 0 Å². The van der Waals surface area contributed by atoms with Crippen molar-refractivity contribution in [3.8, 4) is 0 Å². The summed E-state index contributed by atoms with van der Waals surface area (Å²) >= 11 is 1.61. The molecule has 1 aromatic rings. The molecule has 0 spiro atoms. The summed E-state index contributed by atoms with van der Waals surface area (Å²) in [5.41, 5.74) is 6.33. The predicted octanol–water partition coefficient (Wildman–Crippen LogP) is 1.45. The Labute approximate surface area is 107 Å². The van der Waals surface area contributed by atoms with Crippen LogP contribution in [0.2, 0.25) is 0 Å². The van der Waals surface area contributed by atoms with E-state index in [-0.39, 0.29) is 17.4 Å². The molecule has 96 valence electrons. The molecule has 0 saturated carbocycles. The number of carbonyl (C=O) groups is 1. The highest BCUT2D eigenvalue weighted by Gasteiger charge is 2.18. The summed E-state index contributed by atoms with van der Waals surface area (Å²) in [6, 6.07) is 0.0169. The molecule has 0 aliphatic rings. The van der Waals surface area contributed by atoms with E-state index in [9.17, 15) is 4.79 Å². The Morgan fingerprint density at radius 2 is 2.24 bits per heavy atom. The molecule has 0 bridgehead atoms. The van der Waals surface area contributed by atoms with Crippen molar-refractivity contribution in [3.63, 3.8) is 0 Å². The highest BCUT2D eigenvalue weighted by molar-refractivity contribution is 7.09. The summed E-state index contributed by atoms with van der Waals surface area (Å²) in [4.78, 5) is 16.1. The minimum atomic E-state index is -0.0197. The van der Waals surface area contributed by atoms with Crippen molar-refractivity contribution in [2.75, 3.05) is 6.54 Å². The number of rotatable bonds is 4. The van der Waals surface area contributed by atoms with Crippen LogP contribution in [0.3, 0.4) is 0 Å². The van der Waals surface area contributed by atoms with E-state index in [0.29, 0.717) is 13.0 Å². The zero-order valence-corrected chi connectivity index (χ0v) is 11.7. The minimum absolute atomic E-state index is 0.0169. The van der Waals surface area contributed by atoms with Crippen LogP contribution < -0.4 is 11.1 Å². The maximum atomic E-state index is 11.6. The lowest BCUT2D eigenvalue weighted by atomic mass is 9.98. The van der Waals surface area contributed by atoms with Crippen LogP contribution in [0, 0.1) is 0 Å². The smallest absolute Gasteiger partial charge is 0.226 e. The van der Waals surface area contributed by atoms with Gasteiger partial charge in [0.2, 0.25) is 5.91 Å². The van der Waals surface area contributed by atoms with Gasteiger partial charge in [-0.25, -0.2) is 4.98 Å². The first-order chi connectivity index (χ1) is 7.82. The molecular weight excluding hydrogens is 234 g/mol. The van der Waals surface area contributed by atoms with Gasteiger partial charge in [0.1, 0.15) is 0 Å². The molecular formula is C12H21N3OS. The second kappa shape index (κ2) is 5.60. The first-order valence-corrected chi connectivity index (χ1v) is 6.65. The molecule has 0 saturated heterocycles. The van der Waals surface area contributed by atoms with E-state index < -0.39 is 0 Å². The lowest BCUT2D eigenvalue weighted by molar-refractivity contribution is -0.121. The maximum Gasteiger partial charge on any atom is 0.226 e. The van der Waals surface area contributed by atoms with Crippen molar-refractivity contribution in [2.45, 2.75) is 45.6 Å². The van der Waals surface area contributed by atoms with E-state index in [1.54, 1.807) is 11.3 Å². The second-order valence-electron chi connectivity index (χ2n) is 5.28. The standard InChI is InChI=1S/C12H21N3OS/c1-8(6-13)14-10(16)5-9-7-17-11(15-9)12(2,3)4/h7-8H,5-6,13H2,1-4H3,(H,14,16)/t8-/m0/s1. The van der Waals surface area contributed by atoms with Crippen LogP contribution in [0.1, 0.15) is 38.4 Å². The molecule has 1 rings (SSSR count). The van der Waals surface area contributed by atoms with Gasteiger partial charge in [0, 0.05) is 23.4 Å². The zero-order valence-electron chi connectivity index (χ0n) is 10.9. The van der Waals surface area contributed by atoms with E-state index in [2.05, 4.69) is 31.1 Å². The number of carbonyl (C=O) groups excluding carboxylic acids is 1. The van der Waals surface area contributed by atoms with E-state index in [4.69, 9.17) is 5.73 Å². The largest absolute Gasteiger partial charge is 0.352 e. The Balaban J connectivity index is 2.58. The van der Waals surface area contributed by atoms with E-state index in [1.807, 2.05) is 12.3 Å². The highest BCUT2D eigenvalue weighted by atomic mass is 32.1. The van der Waals surface area contributed by atoms with Crippen LogP contribution in [0.5, 0.6) is 0 Å². The maximum absolute atomic E-state index is 11.6. The molecule has 0 radical (unpaired) electrons. The fourth-order valence-electron chi connectivity index (χ4n) is 1.28. The van der Waals surface area contributed by atoms with Crippen molar-refractivity contribution in [3.05, 3.63) is 16.1 Å². The third kappa shape index (κ3) is 4.44. The van der Waals surface area contributed by atoms with Gasteiger partial charge in [-0.2, -0.15) is 0 Å². The molecule has 3 N–H and O–H groups in total. The number of nitrogens with one attached hydrogen (secondary N) is 1. The molecule has 1 amide bonds. The number of hydrogen-bond acceptors (Lipinski definition) is 4. The Morgan fingerprint density at radius 3 is 2.71 bits per heavy atom. The van der Waals surface area contributed by atoms with Gasteiger partial charge in [-0.05, 0) is 6.92 Å². The zero-order chi connectivity index (χ0) is 13.1. The fourth-order valence-corrected chi connectivity index (χ4v) is 2.19. The Morgan fingerprint density at radius 1 is 1.59 bits per heavy atom. The first kappa shape index (κ1) is 14.1. The van der Waals surface area contributed by atoms with Gasteiger partial charge in [0.25, 0.3) is 0 Å². The molecule has 1 heterocycles. The van der Waals surface area contributed by atoms with E-state index >= 15 is 0 Å². The van der Waals surface area contributed by atoms with Gasteiger partial charge in [0.15, 0.2) is 0 Å². The van der Waals surface area contributed by atoms with Gasteiger partial charge >= 0.3 is 0 Å². The number of nitrogens with two attached hydrogens (primary N) is 1. The molecule has 0 fully saturated rings. The quantitative estimate of drug-likeness (QED) is 0.855. The van der Waals surface area contributed by atoms with Crippen molar-refractivity contribution in [1.82, 2.24) is 10.3 Å². The lowest BCUT2D eigenvalue weighted by Crippen LogP contribution is -2.38. The van der Waals surface area contributed by atoms with Crippen LogP contribution >= 0.6 is 11.3 Å². The average Bonchev–Trinajstić information content (AvgIpc) is 2.65. The van der Waals surface area contributed by atoms with Crippen molar-refractivity contribution < 1.29 is 4.79 Å². The fraction of sp³-hybridized carbons (Fsp3) is 0.667. The topological polar surface area (TPSA) is 68.0 Å². The SMILES string of the molecule is C[C@@H](CN)NC(=O)Cc1csc(C(C)(C)C)n1. The van der Waals surface area contributed by atoms with Crippen molar-refractivity contribution in [1.29, 1.82) is 0 Å². The minimum Gasteiger partial charge on any atom is -0.352 e. The van der Waals surface area contributed by atoms with Gasteiger partial charge < -0.3 is 11.1 Å². The van der Waals surface area contributed by atoms with E-state index in [0.717, 1.165) is 10.7 Å². The summed E-state index contributed by atoms with van der Waals surface area (Å²) in [7, 11) is 0. The number of amides is 1. The molecule has 0 aromatic carbocycles. The van der Waals surface area contributed by atoms with Crippen LogP contribution in [-0.4, -0.2) is 23.5 Å². The van der Waals surface area contributed by atoms with Gasteiger partial charge in [-0.1, -0.05) is 20.8 Å². The predicted molar refractivity (Wildman–Crippen MR) is 71.2 cm³/mol. The number of aromatic nitrogens is 1. The first-order valence-electron chi connectivity index (χ1n) is 5.77. The van der Waals surface area contributed by atoms with Crippen molar-refractivity contribution >= 4 is 17.2 Å². The third-order valence-electron chi connectivity index (χ3n) is 2.30. The van der Waals surface area contributed by atoms with Crippen LogP contribution in [-0.2, 0) is 16.6 Å². The van der Waals surface area contributed by atoms with E-state index in [1.165, 1.54) is 0 Å². The summed E-state index contributed by atoms with van der Waals surface area (Å²) in [5.74, 6) is -0.0197. The van der Waals surface area contributed by atoms with Crippen molar-refractivity contribution in [2.24, 2.45) is 5.73 Å². The molecule has 0 aliphatic carbocycles. The van der Waals surface area contributed by atoms with Crippen LogP contribution in [0.4, 0.5) is 0 Å². The van der Waals surface area contributed by atoms with Crippen LogP contribution in [0.15, 0.2) is 5.38 Å². The molecule has 4 nitrogen and oxygen atoms in total. The highest BCUT2D eigenvalue weighted by Crippen LogP contribution is 2.25. The Kier molecular flexibility index (Phi) is 4.65. The molecule has 0 aliphatic heterocycles. The second-order valence-corrected chi connectivity index (χ2v) is 6.13. The van der Waals surface area contributed by atoms with Gasteiger partial charge in [-0.3, -0.25) is 4.79 Å². The Hall–Kier alpha value is -0.940. The number of thiazole rings is 1. The van der Waals surface area contributed by atoms with Gasteiger partial charge in [-0.15, -0.1) is 11.3 Å². The molecule has 1 atom stereocenters. The lowest BCUT2D eigenvalue weighted by Gasteiger charge is -2.13. The normalized spacial score (nSPS) is 13.5. The molecule has 1 aromatic heterocycles. The molecule has 0 unspecified atom stereocenters.